The fourth-order valence-corrected chi connectivity index (χ4v) is 2.42. The highest BCUT2D eigenvalue weighted by Crippen LogP contribution is 2.18. The number of benzene rings is 1. The topological polar surface area (TPSA) is 65.5 Å². The number of nitrogens with zero attached hydrogens (tertiary/aromatic N) is 2. The molecular weight excluding hydrogens is 290 g/mol. The van der Waals surface area contributed by atoms with E-state index in [0.717, 1.165) is 11.3 Å². The number of hydrogen-bond donors (Lipinski definition) is 2. The van der Waals surface area contributed by atoms with Gasteiger partial charge in [0.05, 0.1) is 12.2 Å². The molecule has 1 atom stereocenters. The zero-order chi connectivity index (χ0) is 16.5. The van der Waals surface area contributed by atoms with Crippen LogP contribution < -0.4 is 5.32 Å². The van der Waals surface area contributed by atoms with Crippen molar-refractivity contribution in [2.75, 3.05) is 20.2 Å². The molecule has 0 aliphatic rings. The van der Waals surface area contributed by atoms with E-state index in [2.05, 4.69) is 10.3 Å². The molecule has 0 saturated heterocycles. The van der Waals surface area contributed by atoms with E-state index in [1.807, 2.05) is 48.5 Å². The molecule has 0 saturated carbocycles. The highest BCUT2D eigenvalue weighted by Gasteiger charge is 2.14. The van der Waals surface area contributed by atoms with Crippen molar-refractivity contribution < 1.29 is 9.90 Å². The summed E-state index contributed by atoms with van der Waals surface area (Å²) < 4.78 is 0. The Balaban J connectivity index is 1.88. The molecule has 0 bridgehead atoms. The van der Waals surface area contributed by atoms with Crippen LogP contribution in [0.4, 0.5) is 4.79 Å². The number of aliphatic hydroxyl groups is 1. The third-order valence-electron chi connectivity index (χ3n) is 3.72. The lowest BCUT2D eigenvalue weighted by Crippen LogP contribution is -2.39. The van der Waals surface area contributed by atoms with E-state index in [1.165, 1.54) is 0 Å². The van der Waals surface area contributed by atoms with Crippen molar-refractivity contribution in [3.8, 4) is 0 Å². The number of hydrogen-bond acceptors (Lipinski definition) is 3. The van der Waals surface area contributed by atoms with Crippen molar-refractivity contribution in [3.05, 3.63) is 66.0 Å². The minimum absolute atomic E-state index is 0.0964. The molecule has 1 unspecified atom stereocenters. The molecule has 2 N–H and O–H groups in total. The van der Waals surface area contributed by atoms with E-state index in [0.29, 0.717) is 19.5 Å². The van der Waals surface area contributed by atoms with Crippen LogP contribution >= 0.6 is 0 Å². The Hall–Kier alpha value is -2.40. The molecule has 5 nitrogen and oxygen atoms in total. The van der Waals surface area contributed by atoms with Gasteiger partial charge in [-0.3, -0.25) is 4.98 Å². The average molecular weight is 313 g/mol. The number of rotatable bonds is 7. The van der Waals surface area contributed by atoms with Crippen molar-refractivity contribution in [1.29, 1.82) is 0 Å². The molecule has 23 heavy (non-hydrogen) atoms. The molecule has 1 aromatic carbocycles. The third kappa shape index (κ3) is 5.38. The van der Waals surface area contributed by atoms with Gasteiger partial charge in [0.25, 0.3) is 0 Å². The van der Waals surface area contributed by atoms with Crippen molar-refractivity contribution >= 4 is 6.03 Å². The van der Waals surface area contributed by atoms with Crippen LogP contribution in [0.15, 0.2) is 54.7 Å². The van der Waals surface area contributed by atoms with Gasteiger partial charge in [-0.05, 0) is 24.1 Å². The second-order valence-corrected chi connectivity index (χ2v) is 5.48. The lowest BCUT2D eigenvalue weighted by molar-refractivity contribution is 0.204. The van der Waals surface area contributed by atoms with Gasteiger partial charge in [-0.15, -0.1) is 0 Å². The van der Waals surface area contributed by atoms with E-state index in [1.54, 1.807) is 18.1 Å². The number of aliphatic hydroxyl groups excluding tert-OH is 1. The highest BCUT2D eigenvalue weighted by molar-refractivity contribution is 5.73. The van der Waals surface area contributed by atoms with E-state index < -0.39 is 0 Å². The Morgan fingerprint density at radius 2 is 1.96 bits per heavy atom. The van der Waals surface area contributed by atoms with Gasteiger partial charge in [-0.1, -0.05) is 36.4 Å². The number of nitrogens with one attached hydrogen (secondary N) is 1. The van der Waals surface area contributed by atoms with Crippen molar-refractivity contribution in [3.63, 3.8) is 0 Å². The Morgan fingerprint density at radius 3 is 2.61 bits per heavy atom. The fraction of sp³-hybridized carbons (Fsp3) is 0.333. The monoisotopic (exact) mass is 313 g/mol. The summed E-state index contributed by atoms with van der Waals surface area (Å²) in [5.74, 6) is 0.105. The van der Waals surface area contributed by atoms with Crippen LogP contribution in [0.2, 0.25) is 0 Å². The molecule has 2 aromatic rings. The van der Waals surface area contributed by atoms with E-state index in [4.69, 9.17) is 0 Å². The number of aromatic nitrogens is 1. The van der Waals surface area contributed by atoms with Crippen molar-refractivity contribution in [2.24, 2.45) is 0 Å². The molecule has 122 valence electrons. The quantitative estimate of drug-likeness (QED) is 0.825. The Bertz CT molecular complexity index is 590. The SMILES string of the molecule is CN(Cc1ccccn1)C(=O)NCC(CCO)c1ccccc1. The summed E-state index contributed by atoms with van der Waals surface area (Å²) >= 11 is 0. The minimum Gasteiger partial charge on any atom is -0.396 e. The highest BCUT2D eigenvalue weighted by atomic mass is 16.3. The second-order valence-electron chi connectivity index (χ2n) is 5.48. The van der Waals surface area contributed by atoms with Gasteiger partial charge in [-0.25, -0.2) is 4.79 Å². The largest absolute Gasteiger partial charge is 0.396 e. The summed E-state index contributed by atoms with van der Waals surface area (Å²) in [5, 5.41) is 12.2. The molecule has 0 aliphatic heterocycles. The normalized spacial score (nSPS) is 11.7. The minimum atomic E-state index is -0.144. The average Bonchev–Trinajstić information content (AvgIpc) is 2.60. The molecule has 0 radical (unpaired) electrons. The molecule has 1 aromatic heterocycles. The van der Waals surface area contributed by atoms with E-state index in [-0.39, 0.29) is 18.6 Å². The summed E-state index contributed by atoms with van der Waals surface area (Å²) in [7, 11) is 1.74. The van der Waals surface area contributed by atoms with Crippen molar-refractivity contribution in [2.45, 2.75) is 18.9 Å². The van der Waals surface area contributed by atoms with Crippen LogP contribution in [0.25, 0.3) is 0 Å². The van der Waals surface area contributed by atoms with Crippen LogP contribution in [0.5, 0.6) is 0 Å². The van der Waals surface area contributed by atoms with Gasteiger partial charge in [0.2, 0.25) is 0 Å². The number of pyridine rings is 1. The number of carbonyl (C=O) groups is 1. The van der Waals surface area contributed by atoms with Gasteiger partial charge < -0.3 is 15.3 Å². The summed E-state index contributed by atoms with van der Waals surface area (Å²) in [6.07, 6.45) is 2.34. The predicted octanol–water partition coefficient (Wildman–Crippen LogP) is 2.39. The number of carbonyl (C=O) groups excluding carboxylic acids is 1. The zero-order valence-corrected chi connectivity index (χ0v) is 13.4. The Labute approximate surface area is 137 Å². The van der Waals surface area contributed by atoms with Crippen LogP contribution in [0, 0.1) is 0 Å². The van der Waals surface area contributed by atoms with Gasteiger partial charge in [0.1, 0.15) is 0 Å². The maximum atomic E-state index is 12.2. The molecule has 0 spiro atoms. The predicted molar refractivity (Wildman–Crippen MR) is 90.0 cm³/mol. The summed E-state index contributed by atoms with van der Waals surface area (Å²) in [6, 6.07) is 15.4. The summed E-state index contributed by atoms with van der Waals surface area (Å²) in [6.45, 7) is 1.05. The van der Waals surface area contributed by atoms with Crippen LogP contribution in [-0.2, 0) is 6.54 Å². The molecular formula is C18H23N3O2. The smallest absolute Gasteiger partial charge is 0.317 e. The lowest BCUT2D eigenvalue weighted by Gasteiger charge is -2.21. The summed E-state index contributed by atoms with van der Waals surface area (Å²) in [4.78, 5) is 18.0. The standard InChI is InChI=1S/C18H23N3O2/c1-21(14-17-9-5-6-11-19-17)18(23)20-13-16(10-12-22)15-7-3-2-4-8-15/h2-9,11,16,22H,10,12-14H2,1H3,(H,20,23). The first-order chi connectivity index (χ1) is 11.2. The molecule has 0 aliphatic carbocycles. The van der Waals surface area contributed by atoms with Gasteiger partial charge in [-0.2, -0.15) is 0 Å². The maximum absolute atomic E-state index is 12.2. The first-order valence-corrected chi connectivity index (χ1v) is 7.75. The first kappa shape index (κ1) is 17.0. The van der Waals surface area contributed by atoms with Crippen LogP contribution in [0.1, 0.15) is 23.6 Å². The molecule has 1 heterocycles. The van der Waals surface area contributed by atoms with Gasteiger partial charge >= 0.3 is 6.03 Å². The number of urea groups is 1. The second kappa shape index (κ2) is 8.90. The van der Waals surface area contributed by atoms with Gasteiger partial charge in [0.15, 0.2) is 0 Å². The van der Waals surface area contributed by atoms with Crippen LogP contribution in [0.3, 0.4) is 0 Å². The molecule has 5 heteroatoms. The first-order valence-electron chi connectivity index (χ1n) is 7.75. The molecule has 2 rings (SSSR count). The van der Waals surface area contributed by atoms with Crippen molar-refractivity contribution in [1.82, 2.24) is 15.2 Å². The zero-order valence-electron chi connectivity index (χ0n) is 13.4. The Morgan fingerprint density at radius 1 is 1.22 bits per heavy atom. The molecule has 0 fully saturated rings. The van der Waals surface area contributed by atoms with E-state index >= 15 is 0 Å². The summed E-state index contributed by atoms with van der Waals surface area (Å²) in [5.41, 5.74) is 1.97. The third-order valence-corrected chi connectivity index (χ3v) is 3.72. The van der Waals surface area contributed by atoms with Crippen LogP contribution in [-0.4, -0.2) is 41.2 Å². The fourth-order valence-electron chi connectivity index (χ4n) is 2.42. The Kier molecular flexibility index (Phi) is 6.56. The van der Waals surface area contributed by atoms with Gasteiger partial charge in [0, 0.05) is 32.3 Å². The number of amides is 2. The maximum Gasteiger partial charge on any atom is 0.317 e. The molecule has 2 amide bonds. The van der Waals surface area contributed by atoms with E-state index in [9.17, 15) is 9.90 Å². The lowest BCUT2D eigenvalue weighted by atomic mass is 9.96.